The van der Waals surface area contributed by atoms with Crippen molar-refractivity contribution >= 4 is 28.6 Å². The third kappa shape index (κ3) is 3.41. The van der Waals surface area contributed by atoms with Crippen molar-refractivity contribution in [1.82, 2.24) is 14.8 Å². The highest BCUT2D eigenvalue weighted by atomic mass is 16.2. The lowest BCUT2D eigenvalue weighted by molar-refractivity contribution is -0.121. The monoisotopic (exact) mass is 375 g/mol. The van der Waals surface area contributed by atoms with Gasteiger partial charge in [-0.2, -0.15) is 0 Å². The molecule has 4 rings (SSSR count). The van der Waals surface area contributed by atoms with Crippen LogP contribution >= 0.6 is 0 Å². The SMILES string of the molecule is O=C(CCCN1C(=O)c2ccccc2C1=O)NCCn1ccc2ccccc21. The fraction of sp³-hybridized carbons (Fsp3) is 0.227. The first-order valence-electron chi connectivity index (χ1n) is 9.41. The minimum Gasteiger partial charge on any atom is -0.354 e. The molecule has 142 valence electrons. The molecule has 2 aromatic carbocycles. The Bertz CT molecular complexity index is 1020. The number of fused-ring (bicyclic) bond motifs is 2. The minimum absolute atomic E-state index is 0.0759. The quantitative estimate of drug-likeness (QED) is 0.646. The summed E-state index contributed by atoms with van der Waals surface area (Å²) in [4.78, 5) is 37.9. The molecule has 0 atom stereocenters. The number of para-hydroxylation sites is 1. The lowest BCUT2D eigenvalue weighted by Crippen LogP contribution is -2.32. The van der Waals surface area contributed by atoms with E-state index in [-0.39, 0.29) is 30.7 Å². The average molecular weight is 375 g/mol. The van der Waals surface area contributed by atoms with E-state index in [1.54, 1.807) is 24.3 Å². The van der Waals surface area contributed by atoms with Crippen LogP contribution in [0.25, 0.3) is 10.9 Å². The van der Waals surface area contributed by atoms with Crippen LogP contribution in [0.1, 0.15) is 33.6 Å². The summed E-state index contributed by atoms with van der Waals surface area (Å²) < 4.78 is 2.11. The summed E-state index contributed by atoms with van der Waals surface area (Å²) in [6, 6.07) is 17.0. The Morgan fingerprint density at radius 2 is 1.54 bits per heavy atom. The van der Waals surface area contributed by atoms with Gasteiger partial charge in [-0.1, -0.05) is 30.3 Å². The fourth-order valence-corrected chi connectivity index (χ4v) is 3.58. The number of benzene rings is 2. The molecule has 1 aliphatic rings. The molecule has 0 unspecified atom stereocenters. The Labute approximate surface area is 162 Å². The molecule has 3 aromatic rings. The van der Waals surface area contributed by atoms with Crippen LogP contribution < -0.4 is 5.32 Å². The predicted octanol–water partition coefficient (Wildman–Crippen LogP) is 2.83. The topological polar surface area (TPSA) is 71.4 Å². The summed E-state index contributed by atoms with van der Waals surface area (Å²) in [5.74, 6) is -0.631. The van der Waals surface area contributed by atoms with E-state index in [9.17, 15) is 14.4 Å². The Morgan fingerprint density at radius 1 is 0.857 bits per heavy atom. The molecule has 0 radical (unpaired) electrons. The van der Waals surface area contributed by atoms with Crippen LogP contribution in [0.15, 0.2) is 60.8 Å². The van der Waals surface area contributed by atoms with Crippen molar-refractivity contribution in [3.05, 3.63) is 71.9 Å². The van der Waals surface area contributed by atoms with Crippen LogP contribution in [0.4, 0.5) is 0 Å². The van der Waals surface area contributed by atoms with Crippen LogP contribution in [0.2, 0.25) is 0 Å². The summed E-state index contributed by atoms with van der Waals surface area (Å²) in [7, 11) is 0. The standard InChI is InChI=1S/C22H21N3O3/c26-20(23-12-15-24-14-11-16-6-1-4-9-19(16)24)10-5-13-25-21(27)17-7-2-3-8-18(17)22(25)28/h1-4,6-9,11,14H,5,10,12-13,15H2,(H,23,26). The number of hydrogen-bond donors (Lipinski definition) is 1. The van der Waals surface area contributed by atoms with E-state index in [1.807, 2.05) is 18.3 Å². The summed E-state index contributed by atoms with van der Waals surface area (Å²) in [5.41, 5.74) is 2.02. The van der Waals surface area contributed by atoms with Crippen molar-refractivity contribution in [3.63, 3.8) is 0 Å². The van der Waals surface area contributed by atoms with Crippen LogP contribution in [0, 0.1) is 0 Å². The molecule has 1 N–H and O–H groups in total. The highest BCUT2D eigenvalue weighted by Gasteiger charge is 2.34. The lowest BCUT2D eigenvalue weighted by Gasteiger charge is -2.13. The zero-order chi connectivity index (χ0) is 19.5. The van der Waals surface area contributed by atoms with Crippen molar-refractivity contribution in [2.45, 2.75) is 19.4 Å². The zero-order valence-electron chi connectivity index (χ0n) is 15.4. The molecule has 0 saturated heterocycles. The number of rotatable bonds is 7. The van der Waals surface area contributed by atoms with Crippen LogP contribution in [0.3, 0.4) is 0 Å². The van der Waals surface area contributed by atoms with Gasteiger partial charge in [-0.05, 0) is 36.1 Å². The molecule has 6 heteroatoms. The molecule has 0 fully saturated rings. The van der Waals surface area contributed by atoms with Crippen molar-refractivity contribution in [2.24, 2.45) is 0 Å². The molecule has 1 aromatic heterocycles. The second-order valence-electron chi connectivity index (χ2n) is 6.83. The molecule has 0 aliphatic carbocycles. The smallest absolute Gasteiger partial charge is 0.261 e. The molecule has 28 heavy (non-hydrogen) atoms. The van der Waals surface area contributed by atoms with E-state index in [4.69, 9.17) is 0 Å². The Morgan fingerprint density at radius 3 is 2.29 bits per heavy atom. The largest absolute Gasteiger partial charge is 0.354 e. The number of carbonyl (C=O) groups is 3. The van der Waals surface area contributed by atoms with Gasteiger partial charge in [0.05, 0.1) is 11.1 Å². The van der Waals surface area contributed by atoms with E-state index in [2.05, 4.69) is 28.1 Å². The molecule has 1 aliphatic heterocycles. The molecule has 0 saturated carbocycles. The van der Waals surface area contributed by atoms with E-state index in [0.717, 1.165) is 5.52 Å². The number of amides is 3. The van der Waals surface area contributed by atoms with Gasteiger partial charge in [0, 0.05) is 37.8 Å². The summed E-state index contributed by atoms with van der Waals surface area (Å²) in [6.45, 7) is 1.48. The maximum absolute atomic E-state index is 12.3. The maximum atomic E-state index is 12.3. The molecule has 3 amide bonds. The van der Waals surface area contributed by atoms with Gasteiger partial charge in [0.1, 0.15) is 0 Å². The van der Waals surface area contributed by atoms with Crippen molar-refractivity contribution in [2.75, 3.05) is 13.1 Å². The summed E-state index contributed by atoms with van der Waals surface area (Å²) in [6.07, 6.45) is 2.74. The van der Waals surface area contributed by atoms with Gasteiger partial charge in [-0.15, -0.1) is 0 Å². The zero-order valence-corrected chi connectivity index (χ0v) is 15.4. The van der Waals surface area contributed by atoms with Gasteiger partial charge in [0.15, 0.2) is 0 Å². The molecule has 0 spiro atoms. The Balaban J connectivity index is 1.22. The van der Waals surface area contributed by atoms with E-state index in [1.165, 1.54) is 10.3 Å². The number of carbonyl (C=O) groups excluding carboxylic acids is 3. The first-order valence-corrected chi connectivity index (χ1v) is 9.41. The second-order valence-corrected chi connectivity index (χ2v) is 6.83. The third-order valence-electron chi connectivity index (χ3n) is 5.02. The molecular formula is C22H21N3O3. The van der Waals surface area contributed by atoms with Gasteiger partial charge in [0.2, 0.25) is 5.91 Å². The van der Waals surface area contributed by atoms with Crippen molar-refractivity contribution < 1.29 is 14.4 Å². The Hall–Kier alpha value is -3.41. The minimum atomic E-state index is -0.277. The van der Waals surface area contributed by atoms with Crippen molar-refractivity contribution in [3.8, 4) is 0 Å². The number of nitrogens with zero attached hydrogens (tertiary/aromatic N) is 2. The van der Waals surface area contributed by atoms with Crippen LogP contribution in [0.5, 0.6) is 0 Å². The van der Waals surface area contributed by atoms with Crippen LogP contribution in [-0.2, 0) is 11.3 Å². The van der Waals surface area contributed by atoms with Gasteiger partial charge < -0.3 is 9.88 Å². The molecular weight excluding hydrogens is 354 g/mol. The van der Waals surface area contributed by atoms with E-state index in [0.29, 0.717) is 30.6 Å². The first-order chi connectivity index (χ1) is 13.6. The summed E-state index contributed by atoms with van der Waals surface area (Å²) >= 11 is 0. The lowest BCUT2D eigenvalue weighted by atomic mass is 10.1. The second kappa shape index (κ2) is 7.68. The predicted molar refractivity (Wildman–Crippen MR) is 106 cm³/mol. The highest BCUT2D eigenvalue weighted by molar-refractivity contribution is 6.21. The van der Waals surface area contributed by atoms with Gasteiger partial charge in [0.25, 0.3) is 11.8 Å². The van der Waals surface area contributed by atoms with Crippen molar-refractivity contribution in [1.29, 1.82) is 0 Å². The highest BCUT2D eigenvalue weighted by Crippen LogP contribution is 2.22. The maximum Gasteiger partial charge on any atom is 0.261 e. The van der Waals surface area contributed by atoms with E-state index < -0.39 is 0 Å². The number of nitrogens with one attached hydrogen (secondary N) is 1. The van der Waals surface area contributed by atoms with E-state index >= 15 is 0 Å². The number of imide groups is 1. The normalized spacial score (nSPS) is 13.2. The van der Waals surface area contributed by atoms with Gasteiger partial charge in [-0.3, -0.25) is 19.3 Å². The summed E-state index contributed by atoms with van der Waals surface area (Å²) in [5, 5.41) is 4.08. The molecule has 0 bridgehead atoms. The molecule has 2 heterocycles. The van der Waals surface area contributed by atoms with Gasteiger partial charge in [-0.25, -0.2) is 0 Å². The van der Waals surface area contributed by atoms with Crippen LogP contribution in [-0.4, -0.2) is 40.3 Å². The third-order valence-corrected chi connectivity index (χ3v) is 5.02. The van der Waals surface area contributed by atoms with Gasteiger partial charge >= 0.3 is 0 Å². The molecule has 6 nitrogen and oxygen atoms in total. The average Bonchev–Trinajstić information content (AvgIpc) is 3.23. The Kier molecular flexibility index (Phi) is 4.93. The fourth-order valence-electron chi connectivity index (χ4n) is 3.58. The first kappa shape index (κ1) is 18.0. The number of hydrogen-bond acceptors (Lipinski definition) is 3. The number of aromatic nitrogens is 1.